The number of nitrogens with zero attached hydrogens (tertiary/aromatic N) is 1. The van der Waals surface area contributed by atoms with Crippen molar-refractivity contribution in [2.75, 3.05) is 19.7 Å². The zero-order valence-corrected chi connectivity index (χ0v) is 12.6. The molecule has 1 saturated heterocycles. The maximum Gasteiger partial charge on any atom is 0.254 e. The molecule has 0 radical (unpaired) electrons. The smallest absolute Gasteiger partial charge is 0.254 e. The molecule has 6 heteroatoms. The van der Waals surface area contributed by atoms with Crippen LogP contribution in [-0.4, -0.2) is 42.5 Å². The van der Waals surface area contributed by atoms with Crippen LogP contribution in [0.2, 0.25) is 0 Å². The molecule has 1 unspecified atom stereocenters. The van der Waals surface area contributed by atoms with Crippen LogP contribution < -0.4 is 5.32 Å². The Labute approximate surface area is 134 Å². The van der Waals surface area contributed by atoms with Gasteiger partial charge in [-0.2, -0.15) is 0 Å². The standard InChI is InChI=1S/C17H18N2O4/c20-16-12-23-15(8-18-17(21)14-6-7-22-11-14)10-19(16)9-13-4-2-1-3-5-13/h1-7,11,15H,8-10,12H2,(H,18,21). The van der Waals surface area contributed by atoms with Crippen molar-refractivity contribution in [3.63, 3.8) is 0 Å². The third-order valence-corrected chi connectivity index (χ3v) is 3.71. The van der Waals surface area contributed by atoms with E-state index in [1.807, 2.05) is 30.3 Å². The lowest BCUT2D eigenvalue weighted by Crippen LogP contribution is -2.50. The molecule has 1 aliphatic rings. The van der Waals surface area contributed by atoms with Gasteiger partial charge in [0.05, 0.1) is 17.9 Å². The molecular formula is C17H18N2O4. The van der Waals surface area contributed by atoms with Gasteiger partial charge in [0.1, 0.15) is 12.9 Å². The Balaban J connectivity index is 1.53. The third kappa shape index (κ3) is 3.98. The van der Waals surface area contributed by atoms with Gasteiger partial charge in [-0.05, 0) is 11.6 Å². The minimum atomic E-state index is -0.215. The lowest BCUT2D eigenvalue weighted by molar-refractivity contribution is -0.149. The van der Waals surface area contributed by atoms with E-state index >= 15 is 0 Å². The monoisotopic (exact) mass is 314 g/mol. The van der Waals surface area contributed by atoms with Crippen molar-refractivity contribution in [1.82, 2.24) is 10.2 Å². The Hall–Kier alpha value is -2.60. The van der Waals surface area contributed by atoms with E-state index in [9.17, 15) is 9.59 Å². The number of carbonyl (C=O) groups is 2. The largest absolute Gasteiger partial charge is 0.472 e. The highest BCUT2D eigenvalue weighted by Crippen LogP contribution is 2.11. The number of amides is 2. The van der Waals surface area contributed by atoms with Crippen LogP contribution in [0.3, 0.4) is 0 Å². The molecule has 1 aliphatic heterocycles. The van der Waals surface area contributed by atoms with E-state index in [4.69, 9.17) is 9.15 Å². The highest BCUT2D eigenvalue weighted by Gasteiger charge is 2.26. The molecule has 2 heterocycles. The van der Waals surface area contributed by atoms with Gasteiger partial charge in [-0.3, -0.25) is 9.59 Å². The first-order valence-electron chi connectivity index (χ1n) is 7.46. The third-order valence-electron chi connectivity index (χ3n) is 3.71. The molecule has 3 rings (SSSR count). The quantitative estimate of drug-likeness (QED) is 0.906. The Morgan fingerprint density at radius 1 is 1.26 bits per heavy atom. The van der Waals surface area contributed by atoms with Crippen LogP contribution in [0, 0.1) is 0 Å². The van der Waals surface area contributed by atoms with E-state index in [0.717, 1.165) is 5.56 Å². The molecule has 1 aromatic heterocycles. The minimum Gasteiger partial charge on any atom is -0.472 e. The van der Waals surface area contributed by atoms with Crippen molar-refractivity contribution in [1.29, 1.82) is 0 Å². The van der Waals surface area contributed by atoms with Crippen molar-refractivity contribution in [2.45, 2.75) is 12.6 Å². The van der Waals surface area contributed by atoms with E-state index in [0.29, 0.717) is 25.2 Å². The van der Waals surface area contributed by atoms with Gasteiger partial charge in [0.15, 0.2) is 0 Å². The molecular weight excluding hydrogens is 296 g/mol. The van der Waals surface area contributed by atoms with Crippen LogP contribution in [0.15, 0.2) is 53.3 Å². The number of rotatable bonds is 5. The average Bonchev–Trinajstić information content (AvgIpc) is 3.11. The maximum atomic E-state index is 12.0. The molecule has 120 valence electrons. The molecule has 2 aromatic rings. The van der Waals surface area contributed by atoms with Gasteiger partial charge in [0, 0.05) is 19.6 Å². The summed E-state index contributed by atoms with van der Waals surface area (Å²) in [5.74, 6) is -0.250. The number of furan rings is 1. The van der Waals surface area contributed by atoms with E-state index in [1.165, 1.54) is 12.5 Å². The van der Waals surface area contributed by atoms with Gasteiger partial charge >= 0.3 is 0 Å². The first-order chi connectivity index (χ1) is 11.2. The van der Waals surface area contributed by atoms with Crippen LogP contribution in [0.25, 0.3) is 0 Å². The zero-order chi connectivity index (χ0) is 16.1. The van der Waals surface area contributed by atoms with E-state index < -0.39 is 0 Å². The van der Waals surface area contributed by atoms with Crippen molar-refractivity contribution in [3.8, 4) is 0 Å². The summed E-state index contributed by atoms with van der Waals surface area (Å²) in [6.07, 6.45) is 2.63. The molecule has 1 atom stereocenters. The molecule has 23 heavy (non-hydrogen) atoms. The number of morpholine rings is 1. The minimum absolute atomic E-state index is 0.0359. The van der Waals surface area contributed by atoms with Gasteiger partial charge in [-0.25, -0.2) is 0 Å². The second kappa shape index (κ2) is 7.11. The summed E-state index contributed by atoms with van der Waals surface area (Å²) in [4.78, 5) is 25.6. The highest BCUT2D eigenvalue weighted by molar-refractivity contribution is 5.93. The van der Waals surface area contributed by atoms with Crippen molar-refractivity contribution in [3.05, 3.63) is 60.1 Å². The van der Waals surface area contributed by atoms with Crippen LogP contribution in [0.1, 0.15) is 15.9 Å². The number of hydrogen-bond acceptors (Lipinski definition) is 4. The molecule has 0 bridgehead atoms. The SMILES string of the molecule is O=C(NCC1CN(Cc2ccccc2)C(=O)CO1)c1ccoc1. The number of hydrogen-bond donors (Lipinski definition) is 1. The predicted molar refractivity (Wildman–Crippen MR) is 82.6 cm³/mol. The number of benzene rings is 1. The second-order valence-electron chi connectivity index (χ2n) is 5.41. The van der Waals surface area contributed by atoms with Crippen molar-refractivity contribution >= 4 is 11.8 Å². The van der Waals surface area contributed by atoms with Gasteiger partial charge in [0.25, 0.3) is 5.91 Å². The molecule has 6 nitrogen and oxygen atoms in total. The molecule has 1 N–H and O–H groups in total. The van der Waals surface area contributed by atoms with E-state index in [1.54, 1.807) is 11.0 Å². The van der Waals surface area contributed by atoms with Crippen molar-refractivity contribution < 1.29 is 18.7 Å². The Morgan fingerprint density at radius 2 is 2.09 bits per heavy atom. The number of carbonyl (C=O) groups excluding carboxylic acids is 2. The molecule has 2 amide bonds. The second-order valence-corrected chi connectivity index (χ2v) is 5.41. The number of ether oxygens (including phenoxy) is 1. The van der Waals surface area contributed by atoms with E-state index in [2.05, 4.69) is 5.32 Å². The van der Waals surface area contributed by atoms with Gasteiger partial charge in [-0.1, -0.05) is 30.3 Å². The van der Waals surface area contributed by atoms with E-state index in [-0.39, 0.29) is 24.5 Å². The number of nitrogens with one attached hydrogen (secondary N) is 1. The maximum absolute atomic E-state index is 12.0. The summed E-state index contributed by atoms with van der Waals surface area (Å²) in [5, 5.41) is 2.79. The fraction of sp³-hybridized carbons (Fsp3) is 0.294. The Kier molecular flexibility index (Phi) is 4.73. The van der Waals surface area contributed by atoms with Gasteiger partial charge in [-0.15, -0.1) is 0 Å². The van der Waals surface area contributed by atoms with Gasteiger partial charge in [0.2, 0.25) is 5.91 Å². The summed E-state index contributed by atoms with van der Waals surface area (Å²) in [7, 11) is 0. The fourth-order valence-corrected chi connectivity index (χ4v) is 2.46. The Bertz CT molecular complexity index is 654. The molecule has 0 saturated carbocycles. The van der Waals surface area contributed by atoms with Crippen LogP contribution >= 0.6 is 0 Å². The normalized spacial score (nSPS) is 18.0. The summed E-state index contributed by atoms with van der Waals surface area (Å²) in [5.41, 5.74) is 1.54. The summed E-state index contributed by atoms with van der Waals surface area (Å²) >= 11 is 0. The Morgan fingerprint density at radius 3 is 2.83 bits per heavy atom. The molecule has 0 aliphatic carbocycles. The summed E-state index contributed by atoms with van der Waals surface area (Å²) in [6.45, 7) is 1.40. The molecule has 0 spiro atoms. The van der Waals surface area contributed by atoms with Crippen LogP contribution in [-0.2, 0) is 16.1 Å². The van der Waals surface area contributed by atoms with Crippen LogP contribution in [0.4, 0.5) is 0 Å². The summed E-state index contributed by atoms with van der Waals surface area (Å²) in [6, 6.07) is 11.4. The lowest BCUT2D eigenvalue weighted by atomic mass is 10.2. The van der Waals surface area contributed by atoms with Crippen LogP contribution in [0.5, 0.6) is 0 Å². The molecule has 1 aromatic carbocycles. The molecule has 1 fully saturated rings. The van der Waals surface area contributed by atoms with Gasteiger partial charge < -0.3 is 19.4 Å². The summed E-state index contributed by atoms with van der Waals surface area (Å²) < 4.78 is 10.4. The first kappa shape index (κ1) is 15.3. The first-order valence-corrected chi connectivity index (χ1v) is 7.46. The van der Waals surface area contributed by atoms with Crippen molar-refractivity contribution in [2.24, 2.45) is 0 Å². The predicted octanol–water partition coefficient (Wildman–Crippen LogP) is 1.44. The topological polar surface area (TPSA) is 71.8 Å². The lowest BCUT2D eigenvalue weighted by Gasteiger charge is -2.32. The average molecular weight is 314 g/mol. The highest BCUT2D eigenvalue weighted by atomic mass is 16.5. The fourth-order valence-electron chi connectivity index (χ4n) is 2.46. The zero-order valence-electron chi connectivity index (χ0n) is 12.6.